The summed E-state index contributed by atoms with van der Waals surface area (Å²) in [6.07, 6.45) is 4.05. The second-order valence-electron chi connectivity index (χ2n) is 10.7. The SMILES string of the molecule is CN(CCc1ccccc1)c1cc(Cl)c2ncn([C@@H]3O[C@H](COC4CCCCO4)[C@H]4OC(C)(C)O[C@H]43)c2n1. The Hall–Kier alpha value is -2.27. The van der Waals surface area contributed by atoms with Crippen LogP contribution < -0.4 is 4.90 Å². The molecule has 3 aliphatic heterocycles. The van der Waals surface area contributed by atoms with Gasteiger partial charge in [0.1, 0.15) is 29.6 Å². The van der Waals surface area contributed by atoms with Gasteiger partial charge in [-0.25, -0.2) is 9.97 Å². The zero-order valence-corrected chi connectivity index (χ0v) is 22.8. The van der Waals surface area contributed by atoms with Crippen molar-refractivity contribution < 1.29 is 23.7 Å². The van der Waals surface area contributed by atoms with Gasteiger partial charge in [-0.2, -0.15) is 0 Å². The van der Waals surface area contributed by atoms with Gasteiger partial charge in [-0.05, 0) is 45.1 Å². The summed E-state index contributed by atoms with van der Waals surface area (Å²) in [5.74, 6) is 0.0364. The molecule has 3 aromatic rings. The fourth-order valence-electron chi connectivity index (χ4n) is 5.46. The van der Waals surface area contributed by atoms with Crippen LogP contribution in [0.4, 0.5) is 5.82 Å². The third kappa shape index (κ3) is 5.28. The maximum Gasteiger partial charge on any atom is 0.166 e. The van der Waals surface area contributed by atoms with E-state index in [1.807, 2.05) is 37.6 Å². The van der Waals surface area contributed by atoms with Crippen LogP contribution in [0.1, 0.15) is 44.9 Å². The highest BCUT2D eigenvalue weighted by Gasteiger charge is 2.56. The van der Waals surface area contributed by atoms with Crippen molar-refractivity contribution in [1.82, 2.24) is 14.5 Å². The molecule has 204 valence electrons. The van der Waals surface area contributed by atoms with E-state index >= 15 is 0 Å². The van der Waals surface area contributed by atoms with Gasteiger partial charge in [0.2, 0.25) is 0 Å². The number of halogens is 1. The molecule has 5 atom stereocenters. The second kappa shape index (κ2) is 10.7. The van der Waals surface area contributed by atoms with Crippen LogP contribution >= 0.6 is 11.6 Å². The Labute approximate surface area is 227 Å². The Morgan fingerprint density at radius 2 is 1.97 bits per heavy atom. The Balaban J connectivity index is 1.24. The Bertz CT molecular complexity index is 1250. The molecular weight excluding hydrogens is 508 g/mol. The molecule has 0 saturated carbocycles. The van der Waals surface area contributed by atoms with Crippen molar-refractivity contribution in [2.24, 2.45) is 0 Å². The smallest absolute Gasteiger partial charge is 0.166 e. The van der Waals surface area contributed by atoms with E-state index in [1.165, 1.54) is 5.56 Å². The minimum Gasteiger partial charge on any atom is -0.359 e. The Morgan fingerprint density at radius 1 is 1.16 bits per heavy atom. The van der Waals surface area contributed by atoms with E-state index in [0.29, 0.717) is 22.8 Å². The molecule has 0 bridgehead atoms. The van der Waals surface area contributed by atoms with E-state index in [4.69, 9.17) is 40.3 Å². The van der Waals surface area contributed by atoms with Gasteiger partial charge in [-0.15, -0.1) is 0 Å². The molecule has 3 aliphatic rings. The monoisotopic (exact) mass is 542 g/mol. The van der Waals surface area contributed by atoms with Crippen LogP contribution in [0.15, 0.2) is 42.7 Å². The minimum atomic E-state index is -0.735. The molecule has 1 unspecified atom stereocenters. The summed E-state index contributed by atoms with van der Waals surface area (Å²) in [7, 11) is 2.02. The number of ether oxygens (including phenoxy) is 5. The van der Waals surface area contributed by atoms with Crippen LogP contribution in [0.5, 0.6) is 0 Å². The van der Waals surface area contributed by atoms with Gasteiger partial charge in [-0.1, -0.05) is 41.9 Å². The van der Waals surface area contributed by atoms with E-state index in [9.17, 15) is 0 Å². The van der Waals surface area contributed by atoms with Gasteiger partial charge < -0.3 is 28.6 Å². The molecule has 1 aromatic carbocycles. The molecule has 5 heterocycles. The average molecular weight is 543 g/mol. The summed E-state index contributed by atoms with van der Waals surface area (Å²) < 4.78 is 32.8. The summed E-state index contributed by atoms with van der Waals surface area (Å²) >= 11 is 6.69. The van der Waals surface area contributed by atoms with Gasteiger partial charge in [-0.3, -0.25) is 4.57 Å². The summed E-state index contributed by atoms with van der Waals surface area (Å²) in [5.41, 5.74) is 2.55. The van der Waals surface area contributed by atoms with Crippen LogP contribution in [0.3, 0.4) is 0 Å². The maximum atomic E-state index is 6.69. The number of likely N-dealkylation sites (N-methyl/N-ethyl adjacent to an activating group) is 1. The highest BCUT2D eigenvalue weighted by atomic mass is 35.5. The highest BCUT2D eigenvalue weighted by molar-refractivity contribution is 6.35. The van der Waals surface area contributed by atoms with Crippen molar-refractivity contribution in [3.63, 3.8) is 0 Å². The highest BCUT2D eigenvalue weighted by Crippen LogP contribution is 2.44. The lowest BCUT2D eigenvalue weighted by molar-refractivity contribution is -0.219. The van der Waals surface area contributed by atoms with Crippen LogP contribution in [0, 0.1) is 0 Å². The predicted molar refractivity (Wildman–Crippen MR) is 143 cm³/mol. The van der Waals surface area contributed by atoms with E-state index in [0.717, 1.165) is 44.7 Å². The average Bonchev–Trinajstić information content (AvgIpc) is 3.58. The fourth-order valence-corrected chi connectivity index (χ4v) is 5.69. The van der Waals surface area contributed by atoms with E-state index in [-0.39, 0.29) is 24.6 Å². The molecule has 3 saturated heterocycles. The predicted octanol–water partition coefficient (Wildman–Crippen LogP) is 4.72. The zero-order chi connectivity index (χ0) is 26.3. The largest absolute Gasteiger partial charge is 0.359 e. The number of anilines is 1. The van der Waals surface area contributed by atoms with Gasteiger partial charge in [0.05, 0.1) is 18.0 Å². The molecular formula is C28H35ClN4O5. The van der Waals surface area contributed by atoms with E-state index < -0.39 is 12.0 Å². The number of hydrogen-bond acceptors (Lipinski definition) is 8. The standard InChI is InChI=1S/C28H35ClN4O5/c1-28(2)37-24-20(16-35-22-11-7-8-14-34-22)36-27(25(24)38-28)33-17-30-23-19(29)15-21(31-26(23)33)32(3)13-12-18-9-5-4-6-10-18/h4-6,9-10,15,17,20,22,24-25,27H,7-8,11-14,16H2,1-3H3/t20-,22?,24-,25-,27-/m1/s1. The first-order valence-electron chi connectivity index (χ1n) is 13.4. The topological polar surface area (TPSA) is 80.1 Å². The zero-order valence-electron chi connectivity index (χ0n) is 22.1. The number of imidazole rings is 1. The molecule has 3 fully saturated rings. The Morgan fingerprint density at radius 3 is 2.76 bits per heavy atom. The van der Waals surface area contributed by atoms with Crippen molar-refractivity contribution in [1.29, 1.82) is 0 Å². The Kier molecular flexibility index (Phi) is 7.32. The van der Waals surface area contributed by atoms with Gasteiger partial charge >= 0.3 is 0 Å². The molecule has 38 heavy (non-hydrogen) atoms. The lowest BCUT2D eigenvalue weighted by Crippen LogP contribution is -2.35. The van der Waals surface area contributed by atoms with Gasteiger partial charge in [0.25, 0.3) is 0 Å². The first-order chi connectivity index (χ1) is 18.4. The first-order valence-corrected chi connectivity index (χ1v) is 13.8. The summed E-state index contributed by atoms with van der Waals surface area (Å²) in [4.78, 5) is 11.6. The van der Waals surface area contributed by atoms with Gasteiger partial charge in [0.15, 0.2) is 24.0 Å². The van der Waals surface area contributed by atoms with Crippen molar-refractivity contribution >= 4 is 28.6 Å². The summed E-state index contributed by atoms with van der Waals surface area (Å²) in [6, 6.07) is 12.3. The number of rotatable bonds is 8. The number of hydrogen-bond donors (Lipinski definition) is 0. The van der Waals surface area contributed by atoms with Crippen LogP contribution in [-0.4, -0.2) is 71.7 Å². The molecule has 6 rings (SSSR count). The second-order valence-corrected chi connectivity index (χ2v) is 11.1. The number of aromatic nitrogens is 3. The molecule has 0 radical (unpaired) electrons. The minimum absolute atomic E-state index is 0.205. The first kappa shape index (κ1) is 26.0. The van der Waals surface area contributed by atoms with E-state index in [2.05, 4.69) is 34.1 Å². The number of fused-ring (bicyclic) bond motifs is 2. The molecule has 0 spiro atoms. The molecule has 0 amide bonds. The van der Waals surface area contributed by atoms with Crippen molar-refractivity contribution in [2.45, 2.75) is 76.1 Å². The third-order valence-corrected chi connectivity index (χ3v) is 7.71. The van der Waals surface area contributed by atoms with Crippen LogP contribution in [0.2, 0.25) is 5.02 Å². The number of pyridine rings is 1. The lowest BCUT2D eigenvalue weighted by Gasteiger charge is -2.27. The molecule has 10 heteroatoms. The van der Waals surface area contributed by atoms with Crippen molar-refractivity contribution in [3.8, 4) is 0 Å². The fraction of sp³-hybridized carbons (Fsp3) is 0.571. The number of benzene rings is 1. The molecule has 0 N–H and O–H groups in total. The van der Waals surface area contributed by atoms with Crippen LogP contribution in [0.25, 0.3) is 11.2 Å². The molecule has 0 aliphatic carbocycles. The third-order valence-electron chi connectivity index (χ3n) is 7.42. The molecule has 9 nitrogen and oxygen atoms in total. The van der Waals surface area contributed by atoms with Crippen molar-refractivity contribution in [3.05, 3.63) is 53.3 Å². The number of nitrogens with zero attached hydrogens (tertiary/aromatic N) is 4. The van der Waals surface area contributed by atoms with Crippen LogP contribution in [-0.2, 0) is 30.1 Å². The van der Waals surface area contributed by atoms with Gasteiger partial charge in [0, 0.05) is 26.3 Å². The summed E-state index contributed by atoms with van der Waals surface area (Å²) in [6.45, 7) is 5.73. The lowest BCUT2D eigenvalue weighted by atomic mass is 10.1. The quantitative estimate of drug-likeness (QED) is 0.404. The van der Waals surface area contributed by atoms with Crippen molar-refractivity contribution in [2.75, 3.05) is 31.7 Å². The van der Waals surface area contributed by atoms with E-state index in [1.54, 1.807) is 6.33 Å². The normalized spacial score (nSPS) is 28.6. The maximum absolute atomic E-state index is 6.69. The molecule has 2 aromatic heterocycles. The summed E-state index contributed by atoms with van der Waals surface area (Å²) in [5, 5.41) is 0.545.